The molecule has 9 heteroatoms. The molecule has 0 saturated heterocycles. The van der Waals surface area contributed by atoms with Crippen LogP contribution in [0.25, 0.3) is 0 Å². The van der Waals surface area contributed by atoms with Gasteiger partial charge in [-0.3, -0.25) is 4.72 Å². The molecular formula is C18H18ClN5O2S. The number of fused-ring (bicyclic) bond motifs is 1. The third kappa shape index (κ3) is 3.77. The lowest BCUT2D eigenvalue weighted by Crippen LogP contribution is -2.28. The van der Waals surface area contributed by atoms with Crippen molar-refractivity contribution in [2.24, 2.45) is 0 Å². The van der Waals surface area contributed by atoms with Gasteiger partial charge in [-0.05, 0) is 23.6 Å². The van der Waals surface area contributed by atoms with Crippen LogP contribution < -0.4 is 10.0 Å². The Labute approximate surface area is 162 Å². The Morgan fingerprint density at radius 3 is 2.56 bits per heavy atom. The number of anilines is 2. The molecule has 2 aromatic carbocycles. The predicted molar refractivity (Wildman–Crippen MR) is 106 cm³/mol. The van der Waals surface area contributed by atoms with E-state index in [0.29, 0.717) is 17.4 Å². The van der Waals surface area contributed by atoms with E-state index >= 15 is 0 Å². The van der Waals surface area contributed by atoms with E-state index in [-0.39, 0.29) is 18.0 Å². The monoisotopic (exact) mass is 403 g/mol. The van der Waals surface area contributed by atoms with Gasteiger partial charge in [0.1, 0.15) is 0 Å². The molecule has 0 saturated carbocycles. The summed E-state index contributed by atoms with van der Waals surface area (Å²) in [5.74, 6) is 0.525. The number of hydrogen-bond donors (Lipinski definition) is 2. The van der Waals surface area contributed by atoms with Gasteiger partial charge < -0.3 is 5.32 Å². The molecule has 0 bridgehead atoms. The molecule has 1 aliphatic rings. The highest BCUT2D eigenvalue weighted by atomic mass is 35.5. The normalized spacial score (nSPS) is 19.2. The highest BCUT2D eigenvalue weighted by molar-refractivity contribution is 7.91. The molecule has 1 aliphatic heterocycles. The molecule has 0 fully saturated rings. The fourth-order valence-electron chi connectivity index (χ4n) is 3.29. The maximum absolute atomic E-state index is 11.6. The molecule has 140 valence electrons. The average molecular weight is 404 g/mol. The van der Waals surface area contributed by atoms with Crippen LogP contribution in [0, 0.1) is 0 Å². The first-order chi connectivity index (χ1) is 12.9. The number of hydrogen-bond acceptors (Lipinski definition) is 5. The third-order valence-corrected chi connectivity index (χ3v) is 5.33. The van der Waals surface area contributed by atoms with Crippen molar-refractivity contribution in [2.45, 2.75) is 18.5 Å². The van der Waals surface area contributed by atoms with Crippen LogP contribution in [-0.4, -0.2) is 29.4 Å². The second kappa shape index (κ2) is 6.86. The van der Waals surface area contributed by atoms with Crippen LogP contribution in [-0.2, 0) is 10.0 Å². The Bertz CT molecular complexity index is 1070. The molecule has 0 amide bonds. The Balaban J connectivity index is 1.79. The minimum absolute atomic E-state index is 0.00439. The molecule has 27 heavy (non-hydrogen) atoms. The zero-order chi connectivity index (χ0) is 19.0. The first-order valence-electron chi connectivity index (χ1n) is 8.41. The van der Waals surface area contributed by atoms with Crippen LogP contribution in [0.1, 0.15) is 29.6 Å². The van der Waals surface area contributed by atoms with E-state index in [1.54, 1.807) is 4.68 Å². The van der Waals surface area contributed by atoms with Crippen molar-refractivity contribution < 1.29 is 8.42 Å². The number of nitrogens with zero attached hydrogens (tertiary/aromatic N) is 3. The van der Waals surface area contributed by atoms with Gasteiger partial charge >= 0.3 is 0 Å². The van der Waals surface area contributed by atoms with Crippen LogP contribution in [0.2, 0.25) is 5.02 Å². The SMILES string of the molecule is CS(=O)(=O)Nc1nc2n(n1)[C@H](c1ccccc1Cl)C[C@H](c1ccccc1)N2. The van der Waals surface area contributed by atoms with Crippen molar-refractivity contribution in [3.05, 3.63) is 70.7 Å². The van der Waals surface area contributed by atoms with Crippen molar-refractivity contribution in [2.75, 3.05) is 16.3 Å². The molecule has 0 aliphatic carbocycles. The lowest BCUT2D eigenvalue weighted by Gasteiger charge is -2.32. The summed E-state index contributed by atoms with van der Waals surface area (Å²) in [6.07, 6.45) is 1.77. The van der Waals surface area contributed by atoms with Gasteiger partial charge in [0.05, 0.1) is 18.3 Å². The van der Waals surface area contributed by atoms with Gasteiger partial charge in [-0.15, -0.1) is 5.10 Å². The highest BCUT2D eigenvalue weighted by Gasteiger charge is 2.32. The summed E-state index contributed by atoms with van der Waals surface area (Å²) in [5, 5.41) is 8.34. The average Bonchev–Trinajstić information content (AvgIpc) is 3.02. The van der Waals surface area contributed by atoms with E-state index in [9.17, 15) is 8.42 Å². The van der Waals surface area contributed by atoms with Crippen molar-refractivity contribution in [3.8, 4) is 0 Å². The van der Waals surface area contributed by atoms with E-state index in [2.05, 4.69) is 20.1 Å². The van der Waals surface area contributed by atoms with Gasteiger partial charge in [0.2, 0.25) is 16.0 Å². The second-order valence-electron chi connectivity index (χ2n) is 6.46. The number of aromatic nitrogens is 3. The molecule has 2 heterocycles. The molecular weight excluding hydrogens is 386 g/mol. The van der Waals surface area contributed by atoms with Crippen LogP contribution >= 0.6 is 11.6 Å². The van der Waals surface area contributed by atoms with Crippen molar-refractivity contribution in [1.29, 1.82) is 0 Å². The molecule has 1 aromatic heterocycles. The number of halogens is 1. The van der Waals surface area contributed by atoms with Gasteiger partial charge in [-0.1, -0.05) is 60.1 Å². The molecule has 3 aromatic rings. The quantitative estimate of drug-likeness (QED) is 0.696. The molecule has 4 rings (SSSR count). The summed E-state index contributed by atoms with van der Waals surface area (Å²) in [4.78, 5) is 4.32. The topological polar surface area (TPSA) is 88.9 Å². The zero-order valence-electron chi connectivity index (χ0n) is 14.5. The van der Waals surface area contributed by atoms with E-state index in [1.165, 1.54) is 0 Å². The van der Waals surface area contributed by atoms with Crippen molar-refractivity contribution in [3.63, 3.8) is 0 Å². The summed E-state index contributed by atoms with van der Waals surface area (Å²) in [7, 11) is -3.47. The van der Waals surface area contributed by atoms with Crippen LogP contribution in [0.4, 0.5) is 11.9 Å². The van der Waals surface area contributed by atoms with Gasteiger partial charge in [-0.25, -0.2) is 13.1 Å². The van der Waals surface area contributed by atoms with Crippen molar-refractivity contribution in [1.82, 2.24) is 14.8 Å². The van der Waals surface area contributed by atoms with Crippen LogP contribution in [0.15, 0.2) is 54.6 Å². The lowest BCUT2D eigenvalue weighted by atomic mass is 9.93. The Kier molecular flexibility index (Phi) is 4.53. The molecule has 2 atom stereocenters. The summed E-state index contributed by atoms with van der Waals surface area (Å²) < 4.78 is 27.2. The van der Waals surface area contributed by atoms with E-state index in [0.717, 1.165) is 17.4 Å². The number of nitrogens with one attached hydrogen (secondary N) is 2. The molecule has 0 radical (unpaired) electrons. The van der Waals surface area contributed by atoms with Gasteiger partial charge in [-0.2, -0.15) is 4.98 Å². The fraction of sp³-hybridized carbons (Fsp3) is 0.222. The molecule has 0 spiro atoms. The van der Waals surface area contributed by atoms with Gasteiger partial charge in [0.15, 0.2) is 0 Å². The maximum Gasteiger partial charge on any atom is 0.257 e. The first-order valence-corrected chi connectivity index (χ1v) is 10.7. The summed E-state index contributed by atoms with van der Waals surface area (Å²) in [5.41, 5.74) is 2.03. The van der Waals surface area contributed by atoms with Gasteiger partial charge in [0, 0.05) is 5.02 Å². The van der Waals surface area contributed by atoms with E-state index in [4.69, 9.17) is 11.6 Å². The predicted octanol–water partition coefficient (Wildman–Crippen LogP) is 3.45. The fourth-order valence-corrected chi connectivity index (χ4v) is 3.97. The third-order valence-electron chi connectivity index (χ3n) is 4.43. The standard InChI is InChI=1S/C18H18ClN5O2S/c1-27(25,26)23-17-21-18-20-15(12-7-3-2-4-8-12)11-16(24(18)22-17)13-9-5-6-10-14(13)19/h2-10,15-16H,11H2,1H3,(H2,20,21,22,23)/t15-,16+/m1/s1. The summed E-state index contributed by atoms with van der Waals surface area (Å²) in [6.45, 7) is 0. The van der Waals surface area contributed by atoms with E-state index < -0.39 is 10.0 Å². The molecule has 7 nitrogen and oxygen atoms in total. The minimum atomic E-state index is -3.47. The number of rotatable bonds is 4. The van der Waals surface area contributed by atoms with Gasteiger partial charge in [0.25, 0.3) is 5.95 Å². The maximum atomic E-state index is 11.6. The lowest BCUT2D eigenvalue weighted by molar-refractivity contribution is 0.431. The molecule has 2 N–H and O–H groups in total. The molecule has 0 unspecified atom stereocenters. The van der Waals surface area contributed by atoms with Crippen LogP contribution in [0.5, 0.6) is 0 Å². The van der Waals surface area contributed by atoms with E-state index in [1.807, 2.05) is 54.6 Å². The summed E-state index contributed by atoms with van der Waals surface area (Å²) >= 11 is 6.44. The Hall–Kier alpha value is -2.58. The number of sulfonamides is 1. The minimum Gasteiger partial charge on any atom is -0.347 e. The summed E-state index contributed by atoms with van der Waals surface area (Å²) in [6, 6.07) is 17.4. The zero-order valence-corrected chi connectivity index (χ0v) is 16.1. The first kappa shape index (κ1) is 17.8. The second-order valence-corrected chi connectivity index (χ2v) is 8.61. The van der Waals surface area contributed by atoms with Crippen molar-refractivity contribution >= 4 is 33.5 Å². The smallest absolute Gasteiger partial charge is 0.257 e. The Morgan fingerprint density at radius 2 is 1.85 bits per heavy atom. The highest BCUT2D eigenvalue weighted by Crippen LogP contribution is 2.40. The largest absolute Gasteiger partial charge is 0.347 e. The van der Waals surface area contributed by atoms with Crippen LogP contribution in [0.3, 0.4) is 0 Å². The Morgan fingerprint density at radius 1 is 1.15 bits per heavy atom. The number of benzene rings is 2.